The first kappa shape index (κ1) is 13.5. The van der Waals surface area contributed by atoms with Crippen LogP contribution in [-0.2, 0) is 4.79 Å². The van der Waals surface area contributed by atoms with Gasteiger partial charge < -0.3 is 5.32 Å². The molecule has 1 saturated heterocycles. The van der Waals surface area contributed by atoms with E-state index in [0.717, 1.165) is 32.1 Å². The van der Waals surface area contributed by atoms with Crippen molar-refractivity contribution in [1.82, 2.24) is 10.2 Å². The number of amides is 1. The minimum atomic E-state index is 0.0861. The molecule has 0 radical (unpaired) electrons. The van der Waals surface area contributed by atoms with Crippen molar-refractivity contribution in [1.29, 1.82) is 0 Å². The molecule has 1 heterocycles. The fraction of sp³-hybridized carbons (Fsp3) is 0.714. The summed E-state index contributed by atoms with van der Waals surface area (Å²) in [6.07, 6.45) is 11.1. The summed E-state index contributed by atoms with van der Waals surface area (Å²) in [5.41, 5.74) is 0.694. The maximum atomic E-state index is 12.3. The lowest BCUT2D eigenvalue weighted by molar-refractivity contribution is -0.124. The first-order valence-electron chi connectivity index (χ1n) is 7.08. The molecular weight excluding hydrogens is 244 g/mol. The van der Waals surface area contributed by atoms with E-state index in [0.29, 0.717) is 16.9 Å². The zero-order valence-corrected chi connectivity index (χ0v) is 11.9. The Kier molecular flexibility index (Phi) is 4.75. The predicted molar refractivity (Wildman–Crippen MR) is 77.1 cm³/mol. The van der Waals surface area contributed by atoms with Crippen molar-refractivity contribution in [3.05, 3.63) is 11.8 Å². The van der Waals surface area contributed by atoms with Crippen molar-refractivity contribution in [2.45, 2.75) is 64.3 Å². The lowest BCUT2D eigenvalue weighted by atomic mass is 9.94. The fourth-order valence-corrected chi connectivity index (χ4v) is 3.05. The number of allylic oxidation sites excluding steroid dienone is 1. The zero-order chi connectivity index (χ0) is 13.0. The Morgan fingerprint density at radius 2 is 2.11 bits per heavy atom. The topological polar surface area (TPSA) is 32.3 Å². The smallest absolute Gasteiger partial charge is 0.276 e. The molecule has 0 aromatic rings. The molecule has 1 saturated carbocycles. The molecule has 3 nitrogen and oxygen atoms in total. The van der Waals surface area contributed by atoms with Crippen LogP contribution in [0.3, 0.4) is 0 Å². The van der Waals surface area contributed by atoms with Gasteiger partial charge in [-0.15, -0.1) is 0 Å². The highest BCUT2D eigenvalue weighted by Crippen LogP contribution is 2.26. The van der Waals surface area contributed by atoms with E-state index in [1.807, 2.05) is 11.0 Å². The molecule has 18 heavy (non-hydrogen) atoms. The molecule has 0 atom stereocenters. The Bertz CT molecular complexity index is 359. The van der Waals surface area contributed by atoms with E-state index in [9.17, 15) is 4.79 Å². The number of carbonyl (C=O) groups is 1. The molecule has 1 N–H and O–H groups in total. The summed E-state index contributed by atoms with van der Waals surface area (Å²) in [5.74, 6) is 0.0861. The molecule has 2 aliphatic rings. The summed E-state index contributed by atoms with van der Waals surface area (Å²) < 4.78 is 0. The van der Waals surface area contributed by atoms with E-state index in [1.165, 1.54) is 19.3 Å². The van der Waals surface area contributed by atoms with Gasteiger partial charge >= 0.3 is 0 Å². The van der Waals surface area contributed by atoms with Crippen LogP contribution in [0.2, 0.25) is 0 Å². The molecule has 0 spiro atoms. The number of carbonyl (C=O) groups excluding carboxylic acids is 1. The van der Waals surface area contributed by atoms with Crippen molar-refractivity contribution >= 4 is 23.2 Å². The van der Waals surface area contributed by atoms with Crippen molar-refractivity contribution < 1.29 is 4.79 Å². The predicted octanol–water partition coefficient (Wildman–Crippen LogP) is 3.11. The molecular formula is C14H22N2OS. The molecule has 0 aromatic carbocycles. The van der Waals surface area contributed by atoms with Gasteiger partial charge in [0.25, 0.3) is 5.91 Å². The van der Waals surface area contributed by atoms with Gasteiger partial charge in [0.2, 0.25) is 0 Å². The van der Waals surface area contributed by atoms with Crippen LogP contribution in [0, 0.1) is 0 Å². The van der Waals surface area contributed by atoms with Crippen molar-refractivity contribution in [2.24, 2.45) is 0 Å². The Morgan fingerprint density at radius 1 is 1.39 bits per heavy atom. The molecule has 1 aliphatic carbocycles. The average Bonchev–Trinajstić information content (AvgIpc) is 2.66. The maximum Gasteiger partial charge on any atom is 0.276 e. The summed E-state index contributed by atoms with van der Waals surface area (Å²) in [5, 5.41) is 3.69. The number of hydrogen-bond donors (Lipinski definition) is 1. The number of nitrogens with zero attached hydrogens (tertiary/aromatic N) is 1. The lowest BCUT2D eigenvalue weighted by Gasteiger charge is -2.29. The van der Waals surface area contributed by atoms with Crippen LogP contribution < -0.4 is 5.32 Å². The van der Waals surface area contributed by atoms with Gasteiger partial charge in [-0.05, 0) is 37.9 Å². The van der Waals surface area contributed by atoms with E-state index >= 15 is 0 Å². The lowest BCUT2D eigenvalue weighted by Crippen LogP contribution is -2.41. The monoisotopic (exact) mass is 266 g/mol. The summed E-state index contributed by atoms with van der Waals surface area (Å²) in [7, 11) is 0. The first-order chi connectivity index (χ1) is 8.74. The van der Waals surface area contributed by atoms with Gasteiger partial charge in [0.1, 0.15) is 5.70 Å². The highest BCUT2D eigenvalue weighted by atomic mass is 32.1. The highest BCUT2D eigenvalue weighted by molar-refractivity contribution is 7.80. The second-order valence-corrected chi connectivity index (χ2v) is 5.54. The average molecular weight is 266 g/mol. The Hall–Kier alpha value is -0.900. The van der Waals surface area contributed by atoms with Crippen LogP contribution in [-0.4, -0.2) is 22.0 Å². The van der Waals surface area contributed by atoms with Gasteiger partial charge in [0.15, 0.2) is 5.11 Å². The molecule has 4 heteroatoms. The number of nitrogens with one attached hydrogen (secondary N) is 1. The normalized spacial score (nSPS) is 23.8. The van der Waals surface area contributed by atoms with Crippen LogP contribution >= 0.6 is 12.2 Å². The fourth-order valence-electron chi connectivity index (χ4n) is 2.71. The molecule has 0 aromatic heterocycles. The number of unbranched alkanes of at least 4 members (excludes halogenated alkanes) is 2. The van der Waals surface area contributed by atoms with Crippen LogP contribution in [0.15, 0.2) is 11.8 Å². The van der Waals surface area contributed by atoms with E-state index in [4.69, 9.17) is 12.2 Å². The maximum absolute atomic E-state index is 12.3. The minimum Gasteiger partial charge on any atom is -0.328 e. The largest absolute Gasteiger partial charge is 0.328 e. The van der Waals surface area contributed by atoms with Gasteiger partial charge in [0.05, 0.1) is 0 Å². The SMILES string of the molecule is CCCC/C=C1/NC(=S)N(C2CCCCC2)C1=O. The van der Waals surface area contributed by atoms with E-state index in [-0.39, 0.29) is 5.91 Å². The van der Waals surface area contributed by atoms with Gasteiger partial charge in [0, 0.05) is 6.04 Å². The van der Waals surface area contributed by atoms with E-state index in [1.54, 1.807) is 0 Å². The third kappa shape index (κ3) is 2.91. The van der Waals surface area contributed by atoms with Crippen LogP contribution in [0.5, 0.6) is 0 Å². The summed E-state index contributed by atoms with van der Waals surface area (Å²) in [6.45, 7) is 2.15. The van der Waals surface area contributed by atoms with Gasteiger partial charge in [-0.3, -0.25) is 9.69 Å². The van der Waals surface area contributed by atoms with Crippen molar-refractivity contribution in [3.63, 3.8) is 0 Å². The molecule has 2 rings (SSSR count). The quantitative estimate of drug-likeness (QED) is 0.482. The highest BCUT2D eigenvalue weighted by Gasteiger charge is 2.36. The van der Waals surface area contributed by atoms with Crippen LogP contribution in [0.4, 0.5) is 0 Å². The van der Waals surface area contributed by atoms with Crippen LogP contribution in [0.1, 0.15) is 58.3 Å². The van der Waals surface area contributed by atoms with Crippen LogP contribution in [0.25, 0.3) is 0 Å². The molecule has 0 bridgehead atoms. The Labute approximate surface area is 115 Å². The first-order valence-corrected chi connectivity index (χ1v) is 7.49. The third-order valence-electron chi connectivity index (χ3n) is 3.76. The second kappa shape index (κ2) is 6.32. The van der Waals surface area contributed by atoms with Crippen molar-refractivity contribution in [3.8, 4) is 0 Å². The molecule has 2 fully saturated rings. The van der Waals surface area contributed by atoms with Gasteiger partial charge in [-0.2, -0.15) is 0 Å². The summed E-state index contributed by atoms with van der Waals surface area (Å²) >= 11 is 5.31. The Morgan fingerprint density at radius 3 is 2.78 bits per heavy atom. The number of thiocarbonyl (C=S) groups is 1. The van der Waals surface area contributed by atoms with Gasteiger partial charge in [-0.25, -0.2) is 0 Å². The minimum absolute atomic E-state index is 0.0861. The second-order valence-electron chi connectivity index (χ2n) is 5.16. The van der Waals surface area contributed by atoms with Crippen molar-refractivity contribution in [2.75, 3.05) is 0 Å². The Balaban J connectivity index is 2.02. The van der Waals surface area contributed by atoms with E-state index in [2.05, 4.69) is 12.2 Å². The standard InChI is InChI=1S/C14H22N2OS/c1-2-3-5-10-12-13(17)16(14(18)15-12)11-8-6-4-7-9-11/h10-11H,2-9H2,1H3,(H,15,18)/b12-10+. The molecule has 1 aliphatic heterocycles. The number of rotatable bonds is 4. The molecule has 0 unspecified atom stereocenters. The third-order valence-corrected chi connectivity index (χ3v) is 4.05. The molecule has 1 amide bonds. The summed E-state index contributed by atoms with van der Waals surface area (Å²) in [6, 6.07) is 0.323. The zero-order valence-electron chi connectivity index (χ0n) is 11.1. The summed E-state index contributed by atoms with van der Waals surface area (Å²) in [4.78, 5) is 14.1. The van der Waals surface area contributed by atoms with E-state index < -0.39 is 0 Å². The van der Waals surface area contributed by atoms with Gasteiger partial charge in [-0.1, -0.05) is 38.7 Å². The molecule has 100 valence electrons. The number of hydrogen-bond acceptors (Lipinski definition) is 2.